The Bertz CT molecular complexity index is 295. The Morgan fingerprint density at radius 1 is 1.69 bits per heavy atom. The summed E-state index contributed by atoms with van der Waals surface area (Å²) in [4.78, 5) is 3.47. The van der Waals surface area contributed by atoms with Crippen molar-refractivity contribution in [1.82, 2.24) is 4.98 Å². The molecular formula is C8H10BrFN2O. The summed E-state index contributed by atoms with van der Waals surface area (Å²) in [5, 5.41) is 9.44. The van der Waals surface area contributed by atoms with E-state index in [1.165, 1.54) is 12.3 Å². The van der Waals surface area contributed by atoms with Crippen LogP contribution >= 0.6 is 15.9 Å². The van der Waals surface area contributed by atoms with Crippen LogP contribution < -0.4 is 5.73 Å². The molecule has 5 heteroatoms. The molecule has 0 aliphatic rings. The van der Waals surface area contributed by atoms with Crippen molar-refractivity contribution in [2.24, 2.45) is 5.73 Å². The monoisotopic (exact) mass is 248 g/mol. The normalized spacial score (nSPS) is 12.9. The fourth-order valence-electron chi connectivity index (χ4n) is 0.985. The second-order valence-corrected chi connectivity index (χ2v) is 3.54. The predicted molar refractivity (Wildman–Crippen MR) is 50.5 cm³/mol. The highest BCUT2D eigenvalue weighted by molar-refractivity contribution is 9.10. The summed E-state index contributed by atoms with van der Waals surface area (Å²) >= 11 is 3.14. The van der Waals surface area contributed by atoms with Crippen molar-refractivity contribution in [2.75, 3.05) is 6.54 Å². The molecule has 1 heterocycles. The van der Waals surface area contributed by atoms with Crippen LogP contribution in [0.2, 0.25) is 0 Å². The van der Waals surface area contributed by atoms with E-state index in [1.807, 2.05) is 0 Å². The van der Waals surface area contributed by atoms with Gasteiger partial charge in [0, 0.05) is 16.2 Å². The summed E-state index contributed by atoms with van der Waals surface area (Å²) in [5.41, 5.74) is 5.42. The van der Waals surface area contributed by atoms with Crippen LogP contribution in [0, 0.1) is 5.95 Å². The summed E-state index contributed by atoms with van der Waals surface area (Å²) < 4.78 is 13.6. The van der Waals surface area contributed by atoms with Crippen molar-refractivity contribution in [3.05, 3.63) is 28.2 Å². The quantitative estimate of drug-likeness (QED) is 0.795. The summed E-state index contributed by atoms with van der Waals surface area (Å²) in [5.74, 6) is -0.649. The van der Waals surface area contributed by atoms with Crippen LogP contribution in [0.4, 0.5) is 4.39 Å². The Hall–Kier alpha value is -0.520. The van der Waals surface area contributed by atoms with E-state index in [0.717, 1.165) is 0 Å². The number of rotatable bonds is 3. The lowest BCUT2D eigenvalue weighted by molar-refractivity contribution is 0.164. The van der Waals surface area contributed by atoms with Crippen LogP contribution in [0.25, 0.3) is 0 Å². The van der Waals surface area contributed by atoms with Gasteiger partial charge in [0.15, 0.2) is 0 Å². The van der Waals surface area contributed by atoms with E-state index in [0.29, 0.717) is 17.4 Å². The van der Waals surface area contributed by atoms with E-state index in [1.54, 1.807) is 0 Å². The molecule has 1 aromatic heterocycles. The molecule has 0 aliphatic carbocycles. The first-order valence-corrected chi connectivity index (χ1v) is 4.63. The van der Waals surface area contributed by atoms with Gasteiger partial charge in [0.25, 0.3) is 0 Å². The van der Waals surface area contributed by atoms with Crippen LogP contribution in [0.1, 0.15) is 18.1 Å². The maximum absolute atomic E-state index is 13.0. The van der Waals surface area contributed by atoms with Crippen LogP contribution in [-0.2, 0) is 0 Å². The SMILES string of the molecule is NCC[C@@H](O)c1cc(Br)cnc1F. The van der Waals surface area contributed by atoms with Gasteiger partial charge in [0.05, 0.1) is 6.10 Å². The van der Waals surface area contributed by atoms with Crippen molar-refractivity contribution in [1.29, 1.82) is 0 Å². The minimum atomic E-state index is -0.880. The lowest BCUT2D eigenvalue weighted by Gasteiger charge is -2.09. The molecule has 0 radical (unpaired) electrons. The average molecular weight is 249 g/mol. The van der Waals surface area contributed by atoms with Crippen molar-refractivity contribution in [3.8, 4) is 0 Å². The van der Waals surface area contributed by atoms with Crippen LogP contribution in [0.3, 0.4) is 0 Å². The number of nitrogens with two attached hydrogens (primary N) is 1. The zero-order valence-corrected chi connectivity index (χ0v) is 8.46. The molecule has 1 aromatic rings. The van der Waals surface area contributed by atoms with E-state index in [9.17, 15) is 9.50 Å². The summed E-state index contributed by atoms with van der Waals surface area (Å²) in [6.45, 7) is 0.313. The molecule has 72 valence electrons. The van der Waals surface area contributed by atoms with Gasteiger partial charge in [-0.3, -0.25) is 0 Å². The topological polar surface area (TPSA) is 59.1 Å². The van der Waals surface area contributed by atoms with E-state index in [4.69, 9.17) is 5.73 Å². The molecule has 0 fully saturated rings. The first-order valence-electron chi connectivity index (χ1n) is 3.84. The maximum atomic E-state index is 13.0. The smallest absolute Gasteiger partial charge is 0.218 e. The Morgan fingerprint density at radius 2 is 2.38 bits per heavy atom. The zero-order valence-electron chi connectivity index (χ0n) is 6.87. The van der Waals surface area contributed by atoms with E-state index in [-0.39, 0.29) is 5.56 Å². The minimum absolute atomic E-state index is 0.180. The third-order valence-electron chi connectivity index (χ3n) is 1.63. The Kier molecular flexibility index (Phi) is 3.77. The highest BCUT2D eigenvalue weighted by Gasteiger charge is 2.13. The molecule has 0 amide bonds. The summed E-state index contributed by atoms with van der Waals surface area (Å²) in [7, 11) is 0. The first-order chi connectivity index (χ1) is 6.15. The van der Waals surface area contributed by atoms with Gasteiger partial charge in [0.1, 0.15) is 0 Å². The van der Waals surface area contributed by atoms with Gasteiger partial charge in [-0.15, -0.1) is 0 Å². The van der Waals surface area contributed by atoms with Crippen molar-refractivity contribution in [2.45, 2.75) is 12.5 Å². The van der Waals surface area contributed by atoms with Crippen LogP contribution in [0.15, 0.2) is 16.7 Å². The number of halogens is 2. The second-order valence-electron chi connectivity index (χ2n) is 2.63. The van der Waals surface area contributed by atoms with Gasteiger partial charge in [0.2, 0.25) is 5.95 Å². The van der Waals surface area contributed by atoms with Gasteiger partial charge in [-0.25, -0.2) is 4.98 Å². The van der Waals surface area contributed by atoms with E-state index < -0.39 is 12.1 Å². The fourth-order valence-corrected chi connectivity index (χ4v) is 1.33. The fraction of sp³-hybridized carbons (Fsp3) is 0.375. The van der Waals surface area contributed by atoms with Gasteiger partial charge in [-0.2, -0.15) is 4.39 Å². The number of hydrogen-bond donors (Lipinski definition) is 2. The molecule has 3 N–H and O–H groups in total. The average Bonchev–Trinajstić information content (AvgIpc) is 2.09. The number of aliphatic hydroxyl groups is 1. The van der Waals surface area contributed by atoms with Gasteiger partial charge in [-0.05, 0) is 35.0 Å². The van der Waals surface area contributed by atoms with E-state index >= 15 is 0 Å². The summed E-state index contributed by atoms with van der Waals surface area (Å²) in [6, 6.07) is 1.50. The lowest BCUT2D eigenvalue weighted by Crippen LogP contribution is -2.09. The lowest BCUT2D eigenvalue weighted by atomic mass is 10.1. The van der Waals surface area contributed by atoms with Crippen molar-refractivity contribution in [3.63, 3.8) is 0 Å². The molecule has 0 aromatic carbocycles. The molecule has 0 saturated heterocycles. The van der Waals surface area contributed by atoms with Gasteiger partial charge >= 0.3 is 0 Å². The molecule has 3 nitrogen and oxygen atoms in total. The largest absolute Gasteiger partial charge is 0.388 e. The molecule has 0 spiro atoms. The molecule has 0 unspecified atom stereocenters. The third kappa shape index (κ3) is 2.72. The first kappa shape index (κ1) is 10.6. The third-order valence-corrected chi connectivity index (χ3v) is 2.07. The number of aliphatic hydroxyl groups excluding tert-OH is 1. The second kappa shape index (κ2) is 4.64. The highest BCUT2D eigenvalue weighted by Crippen LogP contribution is 2.21. The number of hydrogen-bond acceptors (Lipinski definition) is 3. The number of aromatic nitrogens is 1. The predicted octanol–water partition coefficient (Wildman–Crippen LogP) is 1.37. The minimum Gasteiger partial charge on any atom is -0.388 e. The van der Waals surface area contributed by atoms with Crippen LogP contribution in [-0.4, -0.2) is 16.6 Å². The number of pyridine rings is 1. The number of nitrogens with zero attached hydrogens (tertiary/aromatic N) is 1. The molecule has 0 saturated carbocycles. The molecule has 0 aliphatic heterocycles. The van der Waals surface area contributed by atoms with Gasteiger partial charge in [-0.1, -0.05) is 0 Å². The zero-order chi connectivity index (χ0) is 9.84. The Morgan fingerprint density at radius 3 is 3.00 bits per heavy atom. The molecule has 1 atom stereocenters. The van der Waals surface area contributed by atoms with Crippen molar-refractivity contribution < 1.29 is 9.50 Å². The molecular weight excluding hydrogens is 239 g/mol. The molecule has 1 rings (SSSR count). The molecule has 0 bridgehead atoms. The molecule has 13 heavy (non-hydrogen) atoms. The summed E-state index contributed by atoms with van der Waals surface area (Å²) in [6.07, 6.45) is 0.790. The standard InChI is InChI=1S/C8H10BrFN2O/c9-5-3-6(7(13)1-2-11)8(10)12-4-5/h3-4,7,13H,1-2,11H2/t7-/m1/s1. The Labute approximate surface area is 83.9 Å². The van der Waals surface area contributed by atoms with E-state index in [2.05, 4.69) is 20.9 Å². The van der Waals surface area contributed by atoms with Gasteiger partial charge < -0.3 is 10.8 Å². The van der Waals surface area contributed by atoms with Crippen molar-refractivity contribution >= 4 is 15.9 Å². The van der Waals surface area contributed by atoms with Crippen LogP contribution in [0.5, 0.6) is 0 Å². The maximum Gasteiger partial charge on any atom is 0.218 e. The highest BCUT2D eigenvalue weighted by atomic mass is 79.9. The Balaban J connectivity index is 2.91.